The van der Waals surface area contributed by atoms with E-state index in [4.69, 9.17) is 15.5 Å². The Bertz CT molecular complexity index is 905. The predicted octanol–water partition coefficient (Wildman–Crippen LogP) is 0.434. The molecule has 1 aromatic rings. The fourth-order valence-corrected chi connectivity index (χ4v) is 4.00. The number of carboxylic acids is 4. The van der Waals surface area contributed by atoms with Crippen LogP contribution in [0.1, 0.15) is 12.5 Å². The third-order valence-electron chi connectivity index (χ3n) is 5.22. The molecule has 0 aromatic heterocycles. The molecule has 0 aliphatic carbocycles. The number of benzene rings is 1. The summed E-state index contributed by atoms with van der Waals surface area (Å²) in [5.74, 6) is -4.59. The zero-order valence-corrected chi connectivity index (χ0v) is 20.3. The first kappa shape index (κ1) is 29.9. The summed E-state index contributed by atoms with van der Waals surface area (Å²) < 4.78 is 0. The van der Waals surface area contributed by atoms with Crippen molar-refractivity contribution in [3.8, 4) is 5.40 Å². The van der Waals surface area contributed by atoms with E-state index in [0.29, 0.717) is 6.42 Å². The van der Waals surface area contributed by atoms with Crippen LogP contribution < -0.4 is 0 Å². The molecule has 0 saturated carbocycles. The average molecular weight is 511 g/mol. The van der Waals surface area contributed by atoms with Crippen LogP contribution in [-0.4, -0.2) is 117 Å². The lowest BCUT2D eigenvalue weighted by atomic mass is 10.0. The van der Waals surface area contributed by atoms with Gasteiger partial charge in [0.25, 0.3) is 0 Å². The highest BCUT2D eigenvalue weighted by atomic mass is 32.2. The lowest BCUT2D eigenvalue weighted by Crippen LogP contribution is -2.51. The zero-order valence-electron chi connectivity index (χ0n) is 19.5. The Labute approximate surface area is 207 Å². The van der Waals surface area contributed by atoms with Crippen molar-refractivity contribution >= 4 is 35.6 Å². The molecule has 0 fully saturated rings. The van der Waals surface area contributed by atoms with Gasteiger partial charge in [0.1, 0.15) is 5.40 Å². The van der Waals surface area contributed by atoms with Crippen molar-refractivity contribution in [2.45, 2.75) is 30.3 Å². The Morgan fingerprint density at radius 2 is 1.40 bits per heavy atom. The molecular weight excluding hydrogens is 480 g/mol. The minimum absolute atomic E-state index is 0.0576. The van der Waals surface area contributed by atoms with Crippen molar-refractivity contribution in [2.24, 2.45) is 0 Å². The molecule has 0 heterocycles. The molecule has 0 bridgehead atoms. The topological polar surface area (TPSA) is 183 Å². The van der Waals surface area contributed by atoms with Gasteiger partial charge in [0, 0.05) is 30.1 Å². The molecule has 0 spiro atoms. The number of carbonyl (C=O) groups is 4. The number of thioether (sulfide) groups is 1. The van der Waals surface area contributed by atoms with Gasteiger partial charge >= 0.3 is 23.9 Å². The number of hydrogen-bond acceptors (Lipinski definition) is 9. The van der Waals surface area contributed by atoms with E-state index in [-0.39, 0.29) is 19.6 Å². The average Bonchev–Trinajstić information content (AvgIpc) is 2.72. The standard InChI is InChI=1S/C22H30N4O8S/c1-15(26(12-21(31)32)13-22(33)34)8-25(11-20(29)30)9-17(24(2)10-19(27)28)7-16-3-5-18(6-4-16)35-14-23/h3-6,15,17H,7-13H2,1-2H3,(H,27,28)(H,29,30)(H,31,32)(H,33,34). The molecule has 4 N–H and O–H groups in total. The van der Waals surface area contributed by atoms with Gasteiger partial charge in [0.2, 0.25) is 0 Å². The van der Waals surface area contributed by atoms with Crippen molar-refractivity contribution in [3.05, 3.63) is 29.8 Å². The minimum atomic E-state index is -1.21. The largest absolute Gasteiger partial charge is 0.480 e. The second-order valence-corrected chi connectivity index (χ2v) is 8.99. The number of aliphatic carboxylic acids is 4. The van der Waals surface area contributed by atoms with Gasteiger partial charge in [-0.1, -0.05) is 12.1 Å². The summed E-state index contributed by atoms with van der Waals surface area (Å²) in [7, 11) is 1.61. The second-order valence-electron chi connectivity index (χ2n) is 8.13. The molecule has 2 unspecified atom stereocenters. The quantitative estimate of drug-likeness (QED) is 0.167. The van der Waals surface area contributed by atoms with Crippen LogP contribution in [0.15, 0.2) is 29.2 Å². The van der Waals surface area contributed by atoms with Crippen LogP contribution in [-0.2, 0) is 25.6 Å². The Morgan fingerprint density at radius 3 is 1.86 bits per heavy atom. The smallest absolute Gasteiger partial charge is 0.317 e. The normalized spacial score (nSPS) is 12.9. The number of likely N-dealkylation sites (N-methyl/N-ethyl adjacent to an activating group) is 1. The van der Waals surface area contributed by atoms with Crippen molar-refractivity contribution in [2.75, 3.05) is 46.3 Å². The molecule has 192 valence electrons. The van der Waals surface area contributed by atoms with Crippen molar-refractivity contribution in [1.29, 1.82) is 5.26 Å². The Balaban J connectivity index is 3.11. The highest BCUT2D eigenvalue weighted by molar-refractivity contribution is 8.03. The second kappa shape index (κ2) is 14.9. The first-order valence-corrected chi connectivity index (χ1v) is 11.4. The molecule has 0 radical (unpaired) electrons. The molecule has 1 rings (SSSR count). The first-order chi connectivity index (χ1) is 16.4. The zero-order chi connectivity index (χ0) is 26.5. The summed E-state index contributed by atoms with van der Waals surface area (Å²) in [4.78, 5) is 50.3. The van der Waals surface area contributed by atoms with E-state index in [0.717, 1.165) is 22.2 Å². The summed E-state index contributed by atoms with van der Waals surface area (Å²) in [6.45, 7) is 0.0854. The summed E-state index contributed by atoms with van der Waals surface area (Å²) in [5.41, 5.74) is 0.858. The van der Waals surface area contributed by atoms with Crippen LogP contribution in [0.25, 0.3) is 0 Å². The number of thiocyanates is 1. The molecule has 0 saturated heterocycles. The summed E-state index contributed by atoms with van der Waals surface area (Å²) in [6, 6.07) is 6.14. The lowest BCUT2D eigenvalue weighted by molar-refractivity contribution is -0.144. The van der Waals surface area contributed by atoms with E-state index in [1.54, 1.807) is 35.9 Å². The maximum absolute atomic E-state index is 11.5. The molecule has 1 aromatic carbocycles. The van der Waals surface area contributed by atoms with Gasteiger partial charge < -0.3 is 20.4 Å². The van der Waals surface area contributed by atoms with Crippen molar-refractivity contribution < 1.29 is 39.6 Å². The first-order valence-electron chi connectivity index (χ1n) is 10.6. The van der Waals surface area contributed by atoms with Gasteiger partial charge in [-0.2, -0.15) is 5.26 Å². The third kappa shape index (κ3) is 12.2. The van der Waals surface area contributed by atoms with E-state index >= 15 is 0 Å². The fraction of sp³-hybridized carbons (Fsp3) is 0.500. The molecule has 0 aliphatic heterocycles. The number of hydrogen-bond donors (Lipinski definition) is 4. The van der Waals surface area contributed by atoms with E-state index < -0.39 is 55.6 Å². The molecule has 35 heavy (non-hydrogen) atoms. The van der Waals surface area contributed by atoms with Gasteiger partial charge in [-0.25, -0.2) is 0 Å². The van der Waals surface area contributed by atoms with Gasteiger partial charge in [-0.15, -0.1) is 0 Å². The molecule has 12 nitrogen and oxygen atoms in total. The van der Waals surface area contributed by atoms with Crippen LogP contribution in [0, 0.1) is 10.7 Å². The number of nitrogens with zero attached hydrogens (tertiary/aromatic N) is 4. The molecule has 2 atom stereocenters. The van der Waals surface area contributed by atoms with Crippen LogP contribution >= 0.6 is 11.8 Å². The minimum Gasteiger partial charge on any atom is -0.480 e. The third-order valence-corrected chi connectivity index (χ3v) is 5.82. The van der Waals surface area contributed by atoms with Gasteiger partial charge in [0.15, 0.2) is 0 Å². The summed E-state index contributed by atoms with van der Waals surface area (Å²) >= 11 is 1.01. The van der Waals surface area contributed by atoms with Crippen molar-refractivity contribution in [3.63, 3.8) is 0 Å². The summed E-state index contributed by atoms with van der Waals surface area (Å²) in [6.07, 6.45) is 0.389. The summed E-state index contributed by atoms with van der Waals surface area (Å²) in [5, 5.41) is 47.7. The van der Waals surface area contributed by atoms with E-state index in [2.05, 4.69) is 0 Å². The van der Waals surface area contributed by atoms with E-state index in [1.807, 2.05) is 17.5 Å². The number of carboxylic acid groups (broad SMARTS) is 4. The highest BCUT2D eigenvalue weighted by Crippen LogP contribution is 2.19. The molecule has 0 aliphatic rings. The molecule has 13 heteroatoms. The van der Waals surface area contributed by atoms with E-state index in [9.17, 15) is 29.4 Å². The molecular formula is C22H30N4O8S. The number of rotatable bonds is 17. The monoisotopic (exact) mass is 510 g/mol. The van der Waals surface area contributed by atoms with Crippen LogP contribution in [0.4, 0.5) is 0 Å². The number of nitriles is 1. The lowest BCUT2D eigenvalue weighted by Gasteiger charge is -2.35. The Hall–Kier alpha value is -3.18. The van der Waals surface area contributed by atoms with Crippen LogP contribution in [0.5, 0.6) is 0 Å². The molecule has 0 amide bonds. The Kier molecular flexibility index (Phi) is 12.7. The van der Waals surface area contributed by atoms with Crippen LogP contribution in [0.3, 0.4) is 0 Å². The van der Waals surface area contributed by atoms with Gasteiger partial charge in [0.05, 0.1) is 26.2 Å². The maximum atomic E-state index is 11.5. The predicted molar refractivity (Wildman–Crippen MR) is 126 cm³/mol. The maximum Gasteiger partial charge on any atom is 0.317 e. The van der Waals surface area contributed by atoms with E-state index in [1.165, 1.54) is 4.90 Å². The fourth-order valence-electron chi connectivity index (χ4n) is 3.62. The Morgan fingerprint density at radius 1 is 0.886 bits per heavy atom. The van der Waals surface area contributed by atoms with Crippen molar-refractivity contribution in [1.82, 2.24) is 14.7 Å². The highest BCUT2D eigenvalue weighted by Gasteiger charge is 2.26. The van der Waals surface area contributed by atoms with Gasteiger partial charge in [-0.05, 0) is 49.9 Å². The van der Waals surface area contributed by atoms with Gasteiger partial charge in [-0.3, -0.25) is 33.9 Å². The van der Waals surface area contributed by atoms with Crippen LogP contribution in [0.2, 0.25) is 0 Å². The SMILES string of the molecule is CC(CN(CC(=O)O)CC(Cc1ccc(SC#N)cc1)N(C)CC(=O)O)N(CC(=O)O)CC(=O)O.